The van der Waals surface area contributed by atoms with Crippen LogP contribution < -0.4 is 16.4 Å². The third-order valence-corrected chi connectivity index (χ3v) is 5.56. The van der Waals surface area contributed by atoms with Gasteiger partial charge in [-0.3, -0.25) is 14.9 Å². The van der Waals surface area contributed by atoms with Gasteiger partial charge in [-0.15, -0.1) is 0 Å². The Morgan fingerprint density at radius 3 is 2.43 bits per heavy atom. The van der Waals surface area contributed by atoms with Crippen LogP contribution in [-0.2, 0) is 4.79 Å². The molecule has 0 aliphatic carbocycles. The fourth-order valence-electron chi connectivity index (χ4n) is 2.95. The van der Waals surface area contributed by atoms with Crippen LogP contribution in [0.1, 0.15) is 28.2 Å². The van der Waals surface area contributed by atoms with Crippen LogP contribution in [0.2, 0.25) is 0 Å². The summed E-state index contributed by atoms with van der Waals surface area (Å²) in [6, 6.07) is 4.81. The third-order valence-electron chi connectivity index (χ3n) is 4.50. The fraction of sp³-hybridized carbons (Fsp3) is 0.333. The van der Waals surface area contributed by atoms with Crippen molar-refractivity contribution in [2.24, 2.45) is 11.7 Å². The van der Waals surface area contributed by atoms with Gasteiger partial charge in [0.05, 0.1) is 5.69 Å². The first-order chi connectivity index (χ1) is 13.3. The molecule has 4 amide bonds. The second kappa shape index (κ2) is 8.34. The molecule has 0 atom stereocenters. The highest BCUT2D eigenvalue weighted by atomic mass is 32.1. The average molecular weight is 405 g/mol. The highest BCUT2D eigenvalue weighted by Gasteiger charge is 2.28. The van der Waals surface area contributed by atoms with Gasteiger partial charge in [-0.1, -0.05) is 11.3 Å². The molecule has 148 valence electrons. The maximum Gasteiger partial charge on any atom is 0.325 e. The number of carbonyl (C=O) groups is 3. The van der Waals surface area contributed by atoms with Crippen LogP contribution in [0.5, 0.6) is 0 Å². The molecule has 0 saturated carbocycles. The minimum atomic E-state index is -0.540. The molecule has 3 rings (SSSR count). The van der Waals surface area contributed by atoms with E-state index in [0.29, 0.717) is 42.2 Å². The zero-order valence-corrected chi connectivity index (χ0v) is 16.0. The number of anilines is 2. The van der Waals surface area contributed by atoms with Crippen LogP contribution >= 0.6 is 11.3 Å². The average Bonchev–Trinajstić information content (AvgIpc) is 3.03. The molecule has 8 nitrogen and oxygen atoms in total. The van der Waals surface area contributed by atoms with E-state index in [9.17, 15) is 18.8 Å². The van der Waals surface area contributed by atoms with Crippen molar-refractivity contribution >= 4 is 40.0 Å². The van der Waals surface area contributed by atoms with Crippen molar-refractivity contribution in [2.45, 2.75) is 19.8 Å². The first-order valence-corrected chi connectivity index (χ1v) is 9.54. The smallest absolute Gasteiger partial charge is 0.325 e. The maximum absolute atomic E-state index is 12.9. The van der Waals surface area contributed by atoms with Crippen molar-refractivity contribution in [3.63, 3.8) is 0 Å². The van der Waals surface area contributed by atoms with Gasteiger partial charge in [-0.05, 0) is 44.0 Å². The number of likely N-dealkylation sites (tertiary alicyclic amines) is 1. The number of hydrogen-bond acceptors (Lipinski definition) is 5. The van der Waals surface area contributed by atoms with Gasteiger partial charge in [-0.2, -0.15) is 0 Å². The van der Waals surface area contributed by atoms with Crippen LogP contribution in [0.25, 0.3) is 0 Å². The quantitative estimate of drug-likeness (QED) is 0.724. The highest BCUT2D eigenvalue weighted by molar-refractivity contribution is 7.17. The molecule has 1 aliphatic rings. The molecular formula is C18H20FN5O3S. The Bertz CT molecular complexity index is 891. The summed E-state index contributed by atoms with van der Waals surface area (Å²) in [5, 5.41) is 5.43. The third kappa shape index (κ3) is 4.63. The van der Waals surface area contributed by atoms with Crippen molar-refractivity contribution < 1.29 is 18.8 Å². The summed E-state index contributed by atoms with van der Waals surface area (Å²) < 4.78 is 12.9. The molecule has 0 spiro atoms. The number of urea groups is 1. The maximum atomic E-state index is 12.9. The SMILES string of the molecule is Cc1nc(NC(=O)Nc2ccc(F)cc2)sc1C(=O)N1CCC(C(N)=O)CC1. The number of nitrogens with one attached hydrogen (secondary N) is 2. The van der Waals surface area contributed by atoms with Crippen molar-refractivity contribution in [1.29, 1.82) is 0 Å². The second-order valence-corrected chi connectivity index (χ2v) is 7.49. The van der Waals surface area contributed by atoms with Gasteiger partial charge < -0.3 is 16.0 Å². The summed E-state index contributed by atoms with van der Waals surface area (Å²) in [7, 11) is 0. The summed E-state index contributed by atoms with van der Waals surface area (Å²) in [6.45, 7) is 2.61. The molecule has 0 bridgehead atoms. The molecule has 10 heteroatoms. The number of halogens is 1. The van der Waals surface area contributed by atoms with Crippen molar-refractivity contribution in [2.75, 3.05) is 23.7 Å². The first kappa shape index (κ1) is 19.7. The van der Waals surface area contributed by atoms with E-state index >= 15 is 0 Å². The van der Waals surface area contributed by atoms with Gasteiger partial charge in [0.25, 0.3) is 5.91 Å². The predicted octanol–water partition coefficient (Wildman–Crippen LogP) is 2.57. The van der Waals surface area contributed by atoms with Gasteiger partial charge in [0.1, 0.15) is 10.7 Å². The van der Waals surface area contributed by atoms with E-state index in [0.717, 1.165) is 11.3 Å². The normalized spacial score (nSPS) is 14.6. The number of carbonyl (C=O) groups excluding carboxylic acids is 3. The minimum Gasteiger partial charge on any atom is -0.369 e. The number of aromatic nitrogens is 1. The highest BCUT2D eigenvalue weighted by Crippen LogP contribution is 2.26. The first-order valence-electron chi connectivity index (χ1n) is 8.73. The van der Waals surface area contributed by atoms with Gasteiger partial charge in [0.2, 0.25) is 5.91 Å². The standard InChI is InChI=1S/C18H20FN5O3S/c1-10-14(16(26)24-8-6-11(7-9-24)15(20)25)28-18(21-10)23-17(27)22-13-4-2-12(19)3-5-13/h2-5,11H,6-9H2,1H3,(H2,20,25)(H2,21,22,23,27). The largest absolute Gasteiger partial charge is 0.369 e. The molecule has 2 aromatic rings. The monoisotopic (exact) mass is 405 g/mol. The minimum absolute atomic E-state index is 0.176. The molecule has 1 aromatic carbocycles. The number of thiazole rings is 1. The summed E-state index contributed by atoms with van der Waals surface area (Å²) >= 11 is 1.08. The summed E-state index contributed by atoms with van der Waals surface area (Å²) in [5.41, 5.74) is 6.27. The summed E-state index contributed by atoms with van der Waals surface area (Å²) in [5.74, 6) is -1.10. The lowest BCUT2D eigenvalue weighted by Gasteiger charge is -2.30. The zero-order chi connectivity index (χ0) is 20.3. The Morgan fingerprint density at radius 2 is 1.82 bits per heavy atom. The van der Waals surface area contributed by atoms with E-state index in [1.807, 2.05) is 0 Å². The van der Waals surface area contributed by atoms with E-state index in [1.54, 1.807) is 11.8 Å². The second-order valence-electron chi connectivity index (χ2n) is 6.49. The van der Waals surface area contributed by atoms with Crippen LogP contribution in [0.3, 0.4) is 0 Å². The molecular weight excluding hydrogens is 385 g/mol. The fourth-order valence-corrected chi connectivity index (χ4v) is 3.88. The molecule has 0 unspecified atom stereocenters. The number of aryl methyl sites for hydroxylation is 1. The van der Waals surface area contributed by atoms with Crippen LogP contribution in [0, 0.1) is 18.7 Å². The van der Waals surface area contributed by atoms with Crippen LogP contribution in [0.15, 0.2) is 24.3 Å². The molecule has 2 heterocycles. The topological polar surface area (TPSA) is 117 Å². The molecule has 0 radical (unpaired) electrons. The molecule has 28 heavy (non-hydrogen) atoms. The number of piperidine rings is 1. The number of nitrogens with two attached hydrogens (primary N) is 1. The van der Waals surface area contributed by atoms with E-state index < -0.39 is 11.8 Å². The van der Waals surface area contributed by atoms with Gasteiger partial charge in [-0.25, -0.2) is 14.2 Å². The van der Waals surface area contributed by atoms with E-state index in [4.69, 9.17) is 5.73 Å². The lowest BCUT2D eigenvalue weighted by Crippen LogP contribution is -2.41. The lowest BCUT2D eigenvalue weighted by atomic mass is 9.96. The number of rotatable bonds is 4. The van der Waals surface area contributed by atoms with Gasteiger partial charge >= 0.3 is 6.03 Å². The predicted molar refractivity (Wildman–Crippen MR) is 104 cm³/mol. The Hall–Kier alpha value is -3.01. The van der Waals surface area contributed by atoms with E-state index in [-0.39, 0.29) is 22.9 Å². The number of hydrogen-bond donors (Lipinski definition) is 3. The molecule has 1 aromatic heterocycles. The van der Waals surface area contributed by atoms with E-state index in [1.165, 1.54) is 24.3 Å². The Balaban J connectivity index is 1.61. The molecule has 4 N–H and O–H groups in total. The Morgan fingerprint density at radius 1 is 1.18 bits per heavy atom. The molecule has 1 aliphatic heterocycles. The van der Waals surface area contributed by atoms with Crippen LogP contribution in [-0.4, -0.2) is 40.8 Å². The number of nitrogens with zero attached hydrogens (tertiary/aromatic N) is 2. The lowest BCUT2D eigenvalue weighted by molar-refractivity contribution is -0.123. The number of amides is 4. The Kier molecular flexibility index (Phi) is 5.88. The van der Waals surface area contributed by atoms with E-state index in [2.05, 4.69) is 15.6 Å². The number of primary amides is 1. The summed E-state index contributed by atoms with van der Waals surface area (Å²) in [6.07, 6.45) is 1.09. The van der Waals surface area contributed by atoms with Crippen molar-refractivity contribution in [1.82, 2.24) is 9.88 Å². The molecule has 1 fully saturated rings. The van der Waals surface area contributed by atoms with Gasteiger partial charge in [0.15, 0.2) is 5.13 Å². The van der Waals surface area contributed by atoms with Crippen molar-refractivity contribution in [3.05, 3.63) is 40.7 Å². The number of benzene rings is 1. The molecule has 1 saturated heterocycles. The Labute approximate surface area is 164 Å². The van der Waals surface area contributed by atoms with Crippen molar-refractivity contribution in [3.8, 4) is 0 Å². The zero-order valence-electron chi connectivity index (χ0n) is 15.2. The summed E-state index contributed by atoms with van der Waals surface area (Å²) in [4.78, 5) is 42.4. The van der Waals surface area contributed by atoms with Gasteiger partial charge in [0, 0.05) is 24.7 Å². The van der Waals surface area contributed by atoms with Crippen LogP contribution in [0.4, 0.5) is 20.0 Å².